The standard InChI is InChI=1S/C15H22N4O3S/c1-11-6-13(18-22-11)10-19-5-3-4-12(9-19)7-14-15(8-16-17-14)23(2,20)21/h6,8,12H,3-5,7,9-10H2,1-2H3,(H,16,17)/t12-/m0/s1. The second-order valence-electron chi connectivity index (χ2n) is 6.36. The average Bonchev–Trinajstić information content (AvgIpc) is 3.08. The molecule has 2 aromatic heterocycles. The first-order valence-electron chi connectivity index (χ1n) is 7.78. The second-order valence-corrected chi connectivity index (χ2v) is 8.35. The highest BCUT2D eigenvalue weighted by Gasteiger charge is 2.24. The lowest BCUT2D eigenvalue weighted by molar-refractivity contribution is 0.162. The third-order valence-electron chi connectivity index (χ3n) is 4.24. The Morgan fingerprint density at radius 3 is 3.00 bits per heavy atom. The van der Waals surface area contributed by atoms with E-state index < -0.39 is 9.84 Å². The van der Waals surface area contributed by atoms with Gasteiger partial charge in [0, 0.05) is 25.4 Å². The number of piperidine rings is 1. The minimum absolute atomic E-state index is 0.321. The van der Waals surface area contributed by atoms with Gasteiger partial charge in [0.2, 0.25) is 0 Å². The number of rotatable bonds is 5. The number of aryl methyl sites for hydroxylation is 1. The Balaban J connectivity index is 1.64. The SMILES string of the molecule is Cc1cc(CN2CCC[C@@H](Cc3[nH]ncc3S(C)(=O)=O)C2)no1. The van der Waals surface area contributed by atoms with Gasteiger partial charge in [-0.05, 0) is 38.6 Å². The number of H-pyrrole nitrogens is 1. The molecule has 1 atom stereocenters. The van der Waals surface area contributed by atoms with Crippen LogP contribution in [0.5, 0.6) is 0 Å². The number of hydrogen-bond donors (Lipinski definition) is 1. The predicted octanol–water partition coefficient (Wildman–Crippen LogP) is 1.56. The minimum atomic E-state index is -3.23. The van der Waals surface area contributed by atoms with Gasteiger partial charge in [-0.3, -0.25) is 10.00 Å². The Hall–Kier alpha value is -1.67. The van der Waals surface area contributed by atoms with E-state index in [2.05, 4.69) is 20.3 Å². The molecule has 126 valence electrons. The van der Waals surface area contributed by atoms with E-state index >= 15 is 0 Å². The highest BCUT2D eigenvalue weighted by Crippen LogP contribution is 2.24. The summed E-state index contributed by atoms with van der Waals surface area (Å²) in [5.74, 6) is 1.24. The molecule has 0 amide bonds. The van der Waals surface area contributed by atoms with Crippen LogP contribution in [0.25, 0.3) is 0 Å². The molecule has 23 heavy (non-hydrogen) atoms. The lowest BCUT2D eigenvalue weighted by Gasteiger charge is -2.32. The molecule has 1 aliphatic rings. The maximum Gasteiger partial charge on any atom is 0.178 e. The summed E-state index contributed by atoms with van der Waals surface area (Å²) in [5.41, 5.74) is 1.66. The maximum atomic E-state index is 11.8. The maximum absolute atomic E-state index is 11.8. The third kappa shape index (κ3) is 4.00. The van der Waals surface area contributed by atoms with Gasteiger partial charge in [-0.1, -0.05) is 5.16 Å². The number of aromatic amines is 1. The van der Waals surface area contributed by atoms with Gasteiger partial charge in [0.1, 0.15) is 10.7 Å². The van der Waals surface area contributed by atoms with Crippen LogP contribution in [0.2, 0.25) is 0 Å². The summed E-state index contributed by atoms with van der Waals surface area (Å²) in [4.78, 5) is 2.67. The van der Waals surface area contributed by atoms with Gasteiger partial charge in [0.15, 0.2) is 9.84 Å². The first-order chi connectivity index (χ1) is 10.9. The fourth-order valence-electron chi connectivity index (χ4n) is 3.24. The largest absolute Gasteiger partial charge is 0.361 e. The summed E-state index contributed by atoms with van der Waals surface area (Å²) in [7, 11) is -3.23. The third-order valence-corrected chi connectivity index (χ3v) is 5.39. The molecule has 1 N–H and O–H groups in total. The van der Waals surface area contributed by atoms with Crippen LogP contribution in [0.15, 0.2) is 21.7 Å². The smallest absolute Gasteiger partial charge is 0.178 e. The van der Waals surface area contributed by atoms with E-state index in [4.69, 9.17) is 4.52 Å². The summed E-state index contributed by atoms with van der Waals surface area (Å²) in [6.07, 6.45) is 5.53. The molecule has 1 saturated heterocycles. The van der Waals surface area contributed by atoms with Crippen molar-refractivity contribution in [3.8, 4) is 0 Å². The number of aromatic nitrogens is 3. The minimum Gasteiger partial charge on any atom is -0.361 e. The topological polar surface area (TPSA) is 92.1 Å². The Morgan fingerprint density at radius 2 is 2.30 bits per heavy atom. The van der Waals surface area contributed by atoms with Gasteiger partial charge in [0.25, 0.3) is 0 Å². The second kappa shape index (κ2) is 6.45. The molecule has 0 radical (unpaired) electrons. The van der Waals surface area contributed by atoms with Crippen LogP contribution in [0.3, 0.4) is 0 Å². The zero-order chi connectivity index (χ0) is 16.4. The molecule has 3 rings (SSSR count). The van der Waals surface area contributed by atoms with Crippen LogP contribution < -0.4 is 0 Å². The first kappa shape index (κ1) is 16.2. The van der Waals surface area contributed by atoms with Crippen LogP contribution >= 0.6 is 0 Å². The van der Waals surface area contributed by atoms with Gasteiger partial charge < -0.3 is 4.52 Å². The zero-order valence-electron chi connectivity index (χ0n) is 13.4. The van der Waals surface area contributed by atoms with Crippen molar-refractivity contribution in [3.63, 3.8) is 0 Å². The molecule has 0 unspecified atom stereocenters. The molecule has 0 saturated carbocycles. The molecule has 7 nitrogen and oxygen atoms in total. The van der Waals surface area contributed by atoms with E-state index in [-0.39, 0.29) is 0 Å². The first-order valence-corrected chi connectivity index (χ1v) is 9.68. The van der Waals surface area contributed by atoms with E-state index in [1.54, 1.807) is 0 Å². The molecular formula is C15H22N4O3S. The Bertz CT molecular complexity index is 765. The van der Waals surface area contributed by atoms with Gasteiger partial charge >= 0.3 is 0 Å². The Morgan fingerprint density at radius 1 is 1.48 bits per heavy atom. The Labute approximate surface area is 136 Å². The number of sulfone groups is 1. The molecule has 8 heteroatoms. The molecule has 0 aromatic carbocycles. The predicted molar refractivity (Wildman–Crippen MR) is 84.6 cm³/mol. The Kier molecular flexibility index (Phi) is 4.54. The van der Waals surface area contributed by atoms with Crippen molar-refractivity contribution >= 4 is 9.84 Å². The molecule has 2 aromatic rings. The van der Waals surface area contributed by atoms with E-state index in [0.717, 1.165) is 49.6 Å². The fourth-order valence-corrected chi connectivity index (χ4v) is 4.06. The molecule has 0 aliphatic carbocycles. The van der Waals surface area contributed by atoms with Crippen LogP contribution in [-0.4, -0.2) is 48.0 Å². The van der Waals surface area contributed by atoms with Gasteiger partial charge in [-0.2, -0.15) is 5.10 Å². The fraction of sp³-hybridized carbons (Fsp3) is 0.600. The van der Waals surface area contributed by atoms with Gasteiger partial charge in [0.05, 0.1) is 17.6 Å². The lowest BCUT2D eigenvalue weighted by Crippen LogP contribution is -2.36. The molecule has 3 heterocycles. The van der Waals surface area contributed by atoms with Crippen LogP contribution in [0.4, 0.5) is 0 Å². The molecular weight excluding hydrogens is 316 g/mol. The molecule has 1 aliphatic heterocycles. The summed E-state index contributed by atoms with van der Waals surface area (Å²) >= 11 is 0. The number of hydrogen-bond acceptors (Lipinski definition) is 6. The normalized spacial score (nSPS) is 20.0. The quantitative estimate of drug-likeness (QED) is 0.889. The van der Waals surface area contributed by atoms with Crippen molar-refractivity contribution in [1.29, 1.82) is 0 Å². The van der Waals surface area contributed by atoms with Crippen LogP contribution in [-0.2, 0) is 22.8 Å². The van der Waals surface area contributed by atoms with Crippen LogP contribution in [0.1, 0.15) is 30.0 Å². The average molecular weight is 338 g/mol. The van der Waals surface area contributed by atoms with Crippen molar-refractivity contribution in [2.75, 3.05) is 19.3 Å². The number of nitrogens with zero attached hydrogens (tertiary/aromatic N) is 3. The van der Waals surface area contributed by atoms with Crippen molar-refractivity contribution in [2.45, 2.75) is 37.6 Å². The monoisotopic (exact) mass is 338 g/mol. The highest BCUT2D eigenvalue weighted by molar-refractivity contribution is 7.90. The van der Waals surface area contributed by atoms with Gasteiger partial charge in [-0.25, -0.2) is 8.42 Å². The van der Waals surface area contributed by atoms with Crippen molar-refractivity contribution < 1.29 is 12.9 Å². The van der Waals surface area contributed by atoms with E-state index in [9.17, 15) is 8.42 Å². The van der Waals surface area contributed by atoms with Gasteiger partial charge in [-0.15, -0.1) is 0 Å². The number of likely N-dealkylation sites (tertiary alicyclic amines) is 1. The molecule has 0 spiro atoms. The van der Waals surface area contributed by atoms with Crippen molar-refractivity contribution in [2.24, 2.45) is 5.92 Å². The number of nitrogens with one attached hydrogen (secondary N) is 1. The summed E-state index contributed by atoms with van der Waals surface area (Å²) in [5, 5.41) is 10.8. The summed E-state index contributed by atoms with van der Waals surface area (Å²) < 4.78 is 28.7. The van der Waals surface area contributed by atoms with Crippen molar-refractivity contribution in [3.05, 3.63) is 29.4 Å². The molecule has 0 bridgehead atoms. The highest BCUT2D eigenvalue weighted by atomic mass is 32.2. The zero-order valence-corrected chi connectivity index (χ0v) is 14.3. The summed E-state index contributed by atoms with van der Waals surface area (Å²) in [6, 6.07) is 1.96. The van der Waals surface area contributed by atoms with Crippen molar-refractivity contribution in [1.82, 2.24) is 20.3 Å². The van der Waals surface area contributed by atoms with Crippen LogP contribution in [0, 0.1) is 12.8 Å². The lowest BCUT2D eigenvalue weighted by atomic mass is 9.93. The van der Waals surface area contributed by atoms with E-state index in [1.165, 1.54) is 12.5 Å². The van der Waals surface area contributed by atoms with E-state index in [1.807, 2.05) is 13.0 Å². The van der Waals surface area contributed by atoms with E-state index in [0.29, 0.717) is 17.2 Å². The molecule has 1 fully saturated rings. The summed E-state index contributed by atoms with van der Waals surface area (Å²) in [6.45, 7) is 4.62.